The van der Waals surface area contributed by atoms with E-state index in [1.54, 1.807) is 0 Å². The van der Waals surface area contributed by atoms with Gasteiger partial charge in [-0.25, -0.2) is 0 Å². The summed E-state index contributed by atoms with van der Waals surface area (Å²) < 4.78 is 27.0. The van der Waals surface area contributed by atoms with Crippen molar-refractivity contribution in [2.45, 2.75) is 102 Å². The Morgan fingerprint density at radius 2 is 1.38 bits per heavy atom. The average Bonchev–Trinajstić information content (AvgIpc) is 3.09. The number of aliphatic hydroxyl groups is 3. The van der Waals surface area contributed by atoms with E-state index < -0.39 is 45.2 Å². The van der Waals surface area contributed by atoms with Crippen molar-refractivity contribution in [3.8, 4) is 0 Å². The number of carbonyl (C=O) groups is 2. The molecule has 0 saturated heterocycles. The summed E-state index contributed by atoms with van der Waals surface area (Å²) >= 11 is 0. The Morgan fingerprint density at radius 3 is 1.93 bits per heavy atom. The quantitative estimate of drug-likeness (QED) is 0.0159. The van der Waals surface area contributed by atoms with Gasteiger partial charge in [0.1, 0.15) is 31.6 Å². The highest BCUT2D eigenvalue weighted by Gasteiger charge is 2.41. The summed E-state index contributed by atoms with van der Waals surface area (Å²) in [5.74, 6) is -1.45. The number of rotatable bonds is 30. The molecule has 55 heavy (non-hydrogen) atoms. The van der Waals surface area contributed by atoms with E-state index in [2.05, 4.69) is 67.7 Å². The molecule has 0 amide bonds. The second-order valence-electron chi connectivity index (χ2n) is 13.8. The highest BCUT2D eigenvalue weighted by molar-refractivity contribution is 7.54. The lowest BCUT2D eigenvalue weighted by atomic mass is 10.1. The number of hydrogen-bond donors (Lipinski definition) is 5. The van der Waals surface area contributed by atoms with Gasteiger partial charge in [-0.05, 0) is 63.9 Å². The first kappa shape index (κ1) is 49.6. The molecule has 0 aromatic heterocycles. The molecule has 5 N–H and O–H groups in total. The first-order valence-corrected chi connectivity index (χ1v) is 20.5. The van der Waals surface area contributed by atoms with Crippen molar-refractivity contribution in [1.29, 1.82) is 0 Å². The van der Waals surface area contributed by atoms with E-state index in [-0.39, 0.29) is 56.8 Å². The van der Waals surface area contributed by atoms with E-state index in [0.29, 0.717) is 17.4 Å². The topological polar surface area (TPSA) is 181 Å². The number of nitrogens with zero attached hydrogens (tertiary/aromatic N) is 1. The zero-order valence-electron chi connectivity index (χ0n) is 33.1. The third-order valence-electron chi connectivity index (χ3n) is 7.53. The largest absolute Gasteiger partial charge is 0.570 e. The Balaban J connectivity index is 2.46. The predicted molar refractivity (Wildman–Crippen MR) is 215 cm³/mol. The minimum atomic E-state index is -4.22. The van der Waals surface area contributed by atoms with E-state index in [9.17, 15) is 34.7 Å². The molecule has 1 unspecified atom stereocenters. The first-order valence-electron chi connectivity index (χ1n) is 19.0. The molecule has 1 aliphatic rings. The third kappa shape index (κ3) is 30.5. The maximum absolute atomic E-state index is 12.6. The lowest BCUT2D eigenvalue weighted by Crippen LogP contribution is -2.37. The summed E-state index contributed by atoms with van der Waals surface area (Å²) in [6, 6.07) is 0. The van der Waals surface area contributed by atoms with Crippen LogP contribution < -0.4 is 0 Å². The predicted octanol–water partition coefficient (Wildman–Crippen LogP) is 7.48. The van der Waals surface area contributed by atoms with Crippen LogP contribution in [0.2, 0.25) is 0 Å². The molecule has 0 aromatic rings. The van der Waals surface area contributed by atoms with Crippen LogP contribution in [-0.2, 0) is 32.8 Å². The van der Waals surface area contributed by atoms with Crippen molar-refractivity contribution in [2.24, 2.45) is 0 Å². The number of allylic oxidation sites excluding steroid dienone is 13. The van der Waals surface area contributed by atoms with Gasteiger partial charge < -0.3 is 34.0 Å². The number of aliphatic hydroxyl groups excluding tert-OH is 3. The fraction of sp³-hybridized carbons (Fsp3) is 0.561. The highest BCUT2D eigenvalue weighted by atomic mass is 31.2. The maximum Gasteiger partial charge on any atom is 0.570 e. The van der Waals surface area contributed by atoms with Crippen LogP contribution in [-0.4, -0.2) is 108 Å². The van der Waals surface area contributed by atoms with Gasteiger partial charge >= 0.3 is 20.1 Å². The normalized spacial score (nSPS) is 16.9. The molecule has 0 saturated carbocycles. The highest BCUT2D eigenvalue weighted by Crippen LogP contribution is 2.52. The van der Waals surface area contributed by atoms with Gasteiger partial charge in [0, 0.05) is 25.3 Å². The zero-order chi connectivity index (χ0) is 40.8. The van der Waals surface area contributed by atoms with E-state index >= 15 is 0 Å². The lowest BCUT2D eigenvalue weighted by Gasteiger charge is -2.23. The SMILES string of the molecule is CC/C=C\C/C=C\C/C=C\C/C=C\C/C=C\C/C=C\CCC(=O)O[C@H](CO[C@@H](O)CCCC(=O)OC1C=C(O)C=C(O)C1)CO[P+](O)(O)OCC[N+](C)(C)C. The van der Waals surface area contributed by atoms with Crippen LogP contribution in [0.1, 0.15) is 84.0 Å². The fourth-order valence-electron chi connectivity index (χ4n) is 4.61. The Bertz CT molecular complexity index is 1330. The van der Waals surface area contributed by atoms with Crippen molar-refractivity contribution >= 4 is 20.1 Å². The van der Waals surface area contributed by atoms with Crippen LogP contribution in [0.15, 0.2) is 96.6 Å². The van der Waals surface area contributed by atoms with E-state index in [4.69, 9.17) is 23.3 Å². The van der Waals surface area contributed by atoms with Crippen LogP contribution in [0.5, 0.6) is 0 Å². The standard InChI is InChI=1S/C41H64NO12P/c1-5-6-7-8-9-10-11-12-13-14-15-16-17-18-19-20-21-22-23-25-40(46)54-38(34-52-55(48,49)51-29-28-42(2,3)4)33-50-39(45)26-24-27-41(47)53-37-31-35(43)30-36(44)32-37/h6-7,9-10,12-13,15-16,18-19,21-22,30-31,37-39,45,48-49H,5,8,11,14,17,20,23-29,32-34H2,1-4H3/p+2/b7-6-,10-9-,13-12-,16-15-,19-18-,22-21-/t37?,38-,39-/m1/s1. The molecule has 3 atom stereocenters. The molecular formula is C41H66NO12P+2. The Hall–Kier alpha value is -3.39. The summed E-state index contributed by atoms with van der Waals surface area (Å²) in [7, 11) is 1.54. The number of likely N-dealkylation sites (N-methyl/N-ethyl adjacent to an activating group) is 1. The van der Waals surface area contributed by atoms with E-state index in [1.165, 1.54) is 12.2 Å². The van der Waals surface area contributed by atoms with E-state index in [0.717, 1.165) is 38.5 Å². The van der Waals surface area contributed by atoms with Gasteiger partial charge in [-0.3, -0.25) is 9.59 Å². The molecule has 13 nitrogen and oxygen atoms in total. The smallest absolute Gasteiger partial charge is 0.512 e. The molecular weight excluding hydrogens is 729 g/mol. The fourth-order valence-corrected chi connectivity index (χ4v) is 5.37. The Kier molecular flexibility index (Phi) is 26.9. The number of esters is 2. The lowest BCUT2D eigenvalue weighted by molar-refractivity contribution is -0.870. The van der Waals surface area contributed by atoms with Crippen molar-refractivity contribution in [1.82, 2.24) is 0 Å². The average molecular weight is 796 g/mol. The zero-order valence-corrected chi connectivity index (χ0v) is 34.0. The van der Waals surface area contributed by atoms with Crippen molar-refractivity contribution < 1.29 is 62.4 Å². The Labute approximate surface area is 328 Å². The summed E-state index contributed by atoms with van der Waals surface area (Å²) in [6.07, 6.45) is 30.7. The van der Waals surface area contributed by atoms with Crippen LogP contribution in [0.3, 0.4) is 0 Å². The van der Waals surface area contributed by atoms with Gasteiger partial charge in [-0.15, -0.1) is 9.05 Å². The number of ether oxygens (including phenoxy) is 3. The maximum atomic E-state index is 12.6. The summed E-state index contributed by atoms with van der Waals surface area (Å²) in [5.41, 5.74) is 0. The molecule has 0 fully saturated rings. The van der Waals surface area contributed by atoms with Gasteiger partial charge in [-0.2, -0.15) is 9.79 Å². The van der Waals surface area contributed by atoms with Crippen LogP contribution in [0.25, 0.3) is 0 Å². The van der Waals surface area contributed by atoms with Crippen LogP contribution in [0, 0.1) is 0 Å². The van der Waals surface area contributed by atoms with Gasteiger partial charge in [0.05, 0.1) is 33.5 Å². The number of carbonyl (C=O) groups excluding carboxylic acids is 2. The number of quaternary nitrogens is 1. The molecule has 14 heteroatoms. The van der Waals surface area contributed by atoms with Crippen molar-refractivity contribution in [2.75, 3.05) is 47.5 Å². The minimum Gasteiger partial charge on any atom is -0.512 e. The van der Waals surface area contributed by atoms with Gasteiger partial charge in [0.15, 0.2) is 12.4 Å². The van der Waals surface area contributed by atoms with Gasteiger partial charge in [0.2, 0.25) is 0 Å². The molecule has 1 aliphatic carbocycles. The molecule has 0 radical (unpaired) electrons. The molecule has 0 aromatic carbocycles. The van der Waals surface area contributed by atoms with Crippen LogP contribution in [0.4, 0.5) is 0 Å². The molecule has 310 valence electrons. The minimum absolute atomic E-state index is 0.0222. The molecule has 0 aliphatic heterocycles. The van der Waals surface area contributed by atoms with Gasteiger partial charge in [0.25, 0.3) is 0 Å². The summed E-state index contributed by atoms with van der Waals surface area (Å²) in [4.78, 5) is 45.3. The molecule has 0 bridgehead atoms. The van der Waals surface area contributed by atoms with Gasteiger partial charge in [-0.1, -0.05) is 79.8 Å². The Morgan fingerprint density at radius 1 is 0.818 bits per heavy atom. The molecule has 1 rings (SSSR count). The summed E-state index contributed by atoms with van der Waals surface area (Å²) in [5, 5.41) is 29.5. The monoisotopic (exact) mass is 795 g/mol. The van der Waals surface area contributed by atoms with Crippen LogP contribution >= 0.6 is 8.17 Å². The first-order chi connectivity index (χ1) is 26.2. The second-order valence-corrected chi connectivity index (χ2v) is 15.3. The van der Waals surface area contributed by atoms with Crippen molar-refractivity contribution in [3.05, 3.63) is 96.6 Å². The third-order valence-corrected chi connectivity index (χ3v) is 8.54. The molecule has 0 heterocycles. The number of hydrogen-bond acceptors (Lipinski definition) is 12. The second kappa shape index (κ2) is 29.8. The summed E-state index contributed by atoms with van der Waals surface area (Å²) in [6.45, 7) is 1.85. The molecule has 0 spiro atoms. The van der Waals surface area contributed by atoms with Crippen molar-refractivity contribution in [3.63, 3.8) is 0 Å². The van der Waals surface area contributed by atoms with E-state index in [1.807, 2.05) is 33.3 Å².